The van der Waals surface area contributed by atoms with Crippen molar-refractivity contribution in [3.05, 3.63) is 124 Å². The number of ether oxygens (including phenoxy) is 1. The van der Waals surface area contributed by atoms with Crippen LogP contribution in [-0.2, 0) is 11.2 Å². The summed E-state index contributed by atoms with van der Waals surface area (Å²) in [6, 6.07) is 15.2. The summed E-state index contributed by atoms with van der Waals surface area (Å²) in [5.74, 6) is -3.03. The molecule has 252 valence electrons. The molecule has 2 N–H and O–H groups in total. The number of carbonyl (C=O) groups is 2. The predicted molar refractivity (Wildman–Crippen MR) is 171 cm³/mol. The molecule has 3 aromatic carbocycles. The van der Waals surface area contributed by atoms with Gasteiger partial charge in [-0.2, -0.15) is 8.78 Å². The van der Waals surface area contributed by atoms with Crippen LogP contribution in [0, 0.1) is 24.4 Å². The van der Waals surface area contributed by atoms with Gasteiger partial charge in [0.1, 0.15) is 23.2 Å². The first-order valence-corrected chi connectivity index (χ1v) is 15.5. The molecule has 12 heteroatoms. The summed E-state index contributed by atoms with van der Waals surface area (Å²) in [6.45, 7) is 3.71. The van der Waals surface area contributed by atoms with E-state index >= 15 is 4.39 Å². The van der Waals surface area contributed by atoms with E-state index in [2.05, 4.69) is 20.4 Å². The van der Waals surface area contributed by atoms with Crippen molar-refractivity contribution in [3.63, 3.8) is 0 Å². The lowest BCUT2D eigenvalue weighted by molar-refractivity contribution is -0.158. The van der Waals surface area contributed by atoms with Crippen molar-refractivity contribution in [2.45, 2.75) is 51.2 Å². The minimum Gasteiger partial charge on any atom is -0.433 e. The number of anilines is 1. The largest absolute Gasteiger partial charge is 0.433 e. The van der Waals surface area contributed by atoms with Crippen LogP contribution in [0.15, 0.2) is 79.1 Å². The average Bonchev–Trinajstić information content (AvgIpc) is 3.03. The number of piperazine rings is 1. The zero-order chi connectivity index (χ0) is 34.4. The quantitative estimate of drug-likeness (QED) is 0.169. The second kappa shape index (κ2) is 14.9. The standard InChI is InChI=1S/C36H35F5N4O3/c1-22-15-25(17-27(38)16-22)31(23-3-7-26(37)8-4-23)18-34(46)44-33-21-43-20-32(39)30(33)12-9-28-19-42-13-14-45(28)35(47)24-5-10-29(11-6-24)48-36(2,40)41/h3-8,10-11,15-17,20-21,28,31,42H,9,12-14,18-19H2,1-2H3,(H,44,46)/t28-,31-/m0/s1. The number of amides is 2. The van der Waals surface area contributed by atoms with E-state index in [1.54, 1.807) is 30.0 Å². The fourth-order valence-corrected chi connectivity index (χ4v) is 5.93. The second-order valence-corrected chi connectivity index (χ2v) is 11.9. The third-order valence-corrected chi connectivity index (χ3v) is 8.14. The Hall–Kier alpha value is -4.84. The Morgan fingerprint density at radius 1 is 1.00 bits per heavy atom. The Kier molecular flexibility index (Phi) is 10.7. The zero-order valence-corrected chi connectivity index (χ0v) is 26.4. The van der Waals surface area contributed by atoms with Crippen molar-refractivity contribution < 1.29 is 36.3 Å². The third kappa shape index (κ3) is 8.94. The minimum absolute atomic E-state index is 0.0753. The van der Waals surface area contributed by atoms with E-state index in [4.69, 9.17) is 0 Å². The van der Waals surface area contributed by atoms with Crippen LogP contribution in [0.1, 0.15) is 58.3 Å². The molecule has 0 unspecified atom stereocenters. The van der Waals surface area contributed by atoms with Crippen LogP contribution in [0.4, 0.5) is 27.6 Å². The van der Waals surface area contributed by atoms with E-state index in [-0.39, 0.29) is 41.8 Å². The molecule has 0 radical (unpaired) electrons. The number of aryl methyl sites for hydroxylation is 1. The molecule has 1 fully saturated rings. The summed E-state index contributed by atoms with van der Waals surface area (Å²) in [5, 5.41) is 6.00. The van der Waals surface area contributed by atoms with E-state index in [1.165, 1.54) is 54.7 Å². The highest BCUT2D eigenvalue weighted by atomic mass is 19.3. The van der Waals surface area contributed by atoms with Crippen molar-refractivity contribution in [1.82, 2.24) is 15.2 Å². The van der Waals surface area contributed by atoms with Gasteiger partial charge in [0.25, 0.3) is 5.91 Å². The third-order valence-electron chi connectivity index (χ3n) is 8.14. The summed E-state index contributed by atoms with van der Waals surface area (Å²) in [5.41, 5.74) is 2.46. The Bertz CT molecular complexity index is 1730. The number of alkyl halides is 2. The van der Waals surface area contributed by atoms with Crippen molar-refractivity contribution in [3.8, 4) is 5.75 Å². The maximum Gasteiger partial charge on any atom is 0.394 e. The number of pyridine rings is 1. The Labute approximate surface area is 275 Å². The molecule has 1 aromatic heterocycles. The summed E-state index contributed by atoms with van der Waals surface area (Å²) >= 11 is 0. The van der Waals surface area contributed by atoms with Gasteiger partial charge in [-0.15, -0.1) is 0 Å². The van der Waals surface area contributed by atoms with E-state index in [9.17, 15) is 27.2 Å². The van der Waals surface area contributed by atoms with Crippen LogP contribution in [0.2, 0.25) is 0 Å². The highest BCUT2D eigenvalue weighted by molar-refractivity contribution is 5.95. The van der Waals surface area contributed by atoms with Gasteiger partial charge in [0.2, 0.25) is 5.91 Å². The van der Waals surface area contributed by atoms with Crippen LogP contribution < -0.4 is 15.4 Å². The van der Waals surface area contributed by atoms with Gasteiger partial charge in [0, 0.05) is 56.1 Å². The van der Waals surface area contributed by atoms with Crippen molar-refractivity contribution >= 4 is 17.5 Å². The number of hydrogen-bond acceptors (Lipinski definition) is 5. The van der Waals surface area contributed by atoms with Crippen molar-refractivity contribution in [2.75, 3.05) is 25.0 Å². The SMILES string of the molecule is Cc1cc(F)cc([C@@H](CC(=O)Nc2cncc(F)c2CC[C@H]2CNCCN2C(=O)c2ccc(OC(C)(F)F)cc2)c2ccc(F)cc2)c1. The van der Waals surface area contributed by atoms with Crippen molar-refractivity contribution in [1.29, 1.82) is 0 Å². The number of carbonyl (C=O) groups excluding carboxylic acids is 2. The number of benzene rings is 3. The average molecular weight is 667 g/mol. The summed E-state index contributed by atoms with van der Waals surface area (Å²) < 4.78 is 74.2. The summed E-state index contributed by atoms with van der Waals surface area (Å²) in [7, 11) is 0. The van der Waals surface area contributed by atoms with Gasteiger partial charge in [-0.25, -0.2) is 13.2 Å². The molecule has 4 aromatic rings. The highest BCUT2D eigenvalue weighted by Gasteiger charge is 2.29. The number of nitrogens with one attached hydrogen (secondary N) is 2. The molecule has 1 aliphatic heterocycles. The van der Waals surface area contributed by atoms with Crippen LogP contribution >= 0.6 is 0 Å². The maximum absolute atomic E-state index is 15.2. The van der Waals surface area contributed by atoms with Crippen LogP contribution in [0.25, 0.3) is 0 Å². The molecule has 5 rings (SSSR count). The van der Waals surface area contributed by atoms with Crippen LogP contribution in [0.5, 0.6) is 5.75 Å². The molecule has 1 aliphatic rings. The highest BCUT2D eigenvalue weighted by Crippen LogP contribution is 2.31. The monoisotopic (exact) mass is 666 g/mol. The Morgan fingerprint density at radius 2 is 1.73 bits per heavy atom. The van der Waals surface area contributed by atoms with Gasteiger partial charge in [0.05, 0.1) is 18.1 Å². The maximum atomic E-state index is 15.2. The first-order valence-electron chi connectivity index (χ1n) is 15.5. The predicted octanol–water partition coefficient (Wildman–Crippen LogP) is 7.01. The molecular formula is C36H35F5N4O3. The smallest absolute Gasteiger partial charge is 0.394 e. The lowest BCUT2D eigenvalue weighted by atomic mass is 9.87. The second-order valence-electron chi connectivity index (χ2n) is 11.9. The molecule has 48 heavy (non-hydrogen) atoms. The molecule has 2 heterocycles. The molecule has 2 amide bonds. The van der Waals surface area contributed by atoms with Crippen molar-refractivity contribution in [2.24, 2.45) is 0 Å². The normalized spacial score (nSPS) is 15.6. The van der Waals surface area contributed by atoms with E-state index in [1.807, 2.05) is 0 Å². The number of rotatable bonds is 11. The first kappa shape index (κ1) is 34.5. The minimum atomic E-state index is -3.36. The Balaban J connectivity index is 1.30. The first-order chi connectivity index (χ1) is 22.9. The molecule has 0 saturated carbocycles. The Morgan fingerprint density at radius 3 is 2.42 bits per heavy atom. The van der Waals surface area contributed by atoms with Crippen LogP contribution in [0.3, 0.4) is 0 Å². The summed E-state index contributed by atoms with van der Waals surface area (Å²) in [6.07, 6.45) is -0.608. The molecule has 1 saturated heterocycles. The fourth-order valence-electron chi connectivity index (χ4n) is 5.93. The van der Waals surface area contributed by atoms with Gasteiger partial charge in [-0.3, -0.25) is 14.6 Å². The van der Waals surface area contributed by atoms with E-state index in [0.717, 1.165) is 6.20 Å². The molecule has 0 aliphatic carbocycles. The lowest BCUT2D eigenvalue weighted by Crippen LogP contribution is -2.53. The van der Waals surface area contributed by atoms with Gasteiger partial charge < -0.3 is 20.3 Å². The van der Waals surface area contributed by atoms with E-state index < -0.39 is 35.4 Å². The van der Waals surface area contributed by atoms with Crippen LogP contribution in [-0.4, -0.2) is 53.5 Å². The number of halogens is 5. The number of hydrogen-bond donors (Lipinski definition) is 2. The van der Waals surface area contributed by atoms with Gasteiger partial charge in [-0.1, -0.05) is 18.2 Å². The van der Waals surface area contributed by atoms with Gasteiger partial charge in [0.15, 0.2) is 0 Å². The lowest BCUT2D eigenvalue weighted by Gasteiger charge is -2.36. The molecule has 0 spiro atoms. The molecule has 0 bridgehead atoms. The molecule has 2 atom stereocenters. The zero-order valence-electron chi connectivity index (χ0n) is 26.4. The number of aromatic nitrogens is 1. The molecule has 7 nitrogen and oxygen atoms in total. The fraction of sp³-hybridized carbons (Fsp3) is 0.306. The summed E-state index contributed by atoms with van der Waals surface area (Å²) in [4.78, 5) is 32.4. The topological polar surface area (TPSA) is 83.6 Å². The number of nitrogens with zero attached hydrogens (tertiary/aromatic N) is 2. The van der Waals surface area contributed by atoms with Gasteiger partial charge >= 0.3 is 6.11 Å². The molecular weight excluding hydrogens is 631 g/mol. The van der Waals surface area contributed by atoms with E-state index in [0.29, 0.717) is 55.2 Å². The van der Waals surface area contributed by atoms with Gasteiger partial charge in [-0.05, 0) is 85.0 Å².